The van der Waals surface area contributed by atoms with Crippen molar-refractivity contribution in [2.45, 2.75) is 32.2 Å². The van der Waals surface area contributed by atoms with Crippen molar-refractivity contribution in [2.24, 2.45) is 0 Å². The number of benzene rings is 1. The summed E-state index contributed by atoms with van der Waals surface area (Å²) in [6, 6.07) is 6.52. The van der Waals surface area contributed by atoms with E-state index in [1.165, 1.54) is 18.4 Å². The summed E-state index contributed by atoms with van der Waals surface area (Å²) in [4.78, 5) is 0. The highest BCUT2D eigenvalue weighted by Gasteiger charge is 2.12. The van der Waals surface area contributed by atoms with Crippen LogP contribution < -0.4 is 5.32 Å². The molecule has 0 saturated carbocycles. The van der Waals surface area contributed by atoms with Gasteiger partial charge in [0.2, 0.25) is 0 Å². The number of nitrogens with one attached hydrogen (secondary N) is 1. The molecule has 0 aliphatic rings. The molecular formula is C14H22FNO2S. The van der Waals surface area contributed by atoms with Gasteiger partial charge in [0.15, 0.2) is 0 Å². The van der Waals surface area contributed by atoms with E-state index in [-0.39, 0.29) is 17.6 Å². The van der Waals surface area contributed by atoms with Crippen molar-refractivity contribution >= 4 is 9.84 Å². The van der Waals surface area contributed by atoms with Gasteiger partial charge in [-0.05, 0) is 43.5 Å². The number of sulfone groups is 1. The maximum absolute atomic E-state index is 13.1. The van der Waals surface area contributed by atoms with Crippen molar-refractivity contribution in [3.8, 4) is 0 Å². The van der Waals surface area contributed by atoms with Gasteiger partial charge >= 0.3 is 0 Å². The highest BCUT2D eigenvalue weighted by atomic mass is 32.2. The number of hydrogen-bond donors (Lipinski definition) is 1. The number of halogens is 1. The van der Waals surface area contributed by atoms with Crippen LogP contribution in [0.3, 0.4) is 0 Å². The Bertz CT molecular complexity index is 488. The van der Waals surface area contributed by atoms with E-state index in [0.29, 0.717) is 12.8 Å². The highest BCUT2D eigenvalue weighted by Crippen LogP contribution is 2.09. The summed E-state index contributed by atoms with van der Waals surface area (Å²) >= 11 is 0. The normalized spacial score (nSPS) is 13.4. The summed E-state index contributed by atoms with van der Waals surface area (Å²) in [6.45, 7) is 2.90. The highest BCUT2D eigenvalue weighted by molar-refractivity contribution is 7.90. The Balaban J connectivity index is 2.63. The van der Waals surface area contributed by atoms with Crippen LogP contribution in [0.1, 0.15) is 25.3 Å². The first kappa shape index (κ1) is 16.1. The maximum Gasteiger partial charge on any atom is 0.147 e. The zero-order valence-corrected chi connectivity index (χ0v) is 12.3. The van der Waals surface area contributed by atoms with Crippen LogP contribution in [0.15, 0.2) is 24.3 Å². The molecule has 0 heterocycles. The Kier molecular flexibility index (Phi) is 6.45. The lowest BCUT2D eigenvalue weighted by Crippen LogP contribution is -2.33. The Hall–Kier alpha value is -0.940. The predicted octanol–water partition coefficient (Wildman–Crippen LogP) is 2.17. The van der Waals surface area contributed by atoms with Gasteiger partial charge in [-0.1, -0.05) is 19.1 Å². The van der Waals surface area contributed by atoms with Gasteiger partial charge in [-0.2, -0.15) is 0 Å². The van der Waals surface area contributed by atoms with E-state index < -0.39 is 9.84 Å². The molecule has 0 saturated heterocycles. The quantitative estimate of drug-likeness (QED) is 0.797. The fourth-order valence-corrected chi connectivity index (χ4v) is 2.64. The molecule has 0 radical (unpaired) electrons. The van der Waals surface area contributed by atoms with E-state index in [9.17, 15) is 12.8 Å². The fraction of sp³-hybridized carbons (Fsp3) is 0.571. The minimum atomic E-state index is -2.96. The monoisotopic (exact) mass is 287 g/mol. The molecule has 108 valence electrons. The molecule has 1 unspecified atom stereocenters. The molecule has 3 nitrogen and oxygen atoms in total. The number of hydrogen-bond acceptors (Lipinski definition) is 3. The molecule has 1 aromatic rings. The second-order valence-corrected chi connectivity index (χ2v) is 7.16. The zero-order valence-electron chi connectivity index (χ0n) is 11.5. The Morgan fingerprint density at radius 1 is 1.37 bits per heavy atom. The summed E-state index contributed by atoms with van der Waals surface area (Å²) in [6.07, 6.45) is 3.42. The van der Waals surface area contributed by atoms with Gasteiger partial charge in [-0.3, -0.25) is 0 Å². The van der Waals surface area contributed by atoms with E-state index in [4.69, 9.17) is 0 Å². The summed E-state index contributed by atoms with van der Waals surface area (Å²) < 4.78 is 35.6. The first-order valence-corrected chi connectivity index (χ1v) is 8.62. The van der Waals surface area contributed by atoms with E-state index in [2.05, 4.69) is 12.2 Å². The Morgan fingerprint density at radius 3 is 2.68 bits per heavy atom. The van der Waals surface area contributed by atoms with E-state index in [1.807, 2.05) is 6.07 Å². The molecule has 0 aliphatic heterocycles. The van der Waals surface area contributed by atoms with Crippen LogP contribution in [-0.2, 0) is 16.3 Å². The molecule has 1 atom stereocenters. The zero-order chi connectivity index (χ0) is 14.3. The van der Waals surface area contributed by atoms with Gasteiger partial charge < -0.3 is 5.32 Å². The lowest BCUT2D eigenvalue weighted by atomic mass is 10.0. The number of rotatable bonds is 8. The second kappa shape index (κ2) is 7.60. The first-order chi connectivity index (χ1) is 8.90. The lowest BCUT2D eigenvalue weighted by Gasteiger charge is -2.18. The average Bonchev–Trinajstić information content (AvgIpc) is 2.31. The van der Waals surface area contributed by atoms with Crippen LogP contribution in [0.5, 0.6) is 0 Å². The van der Waals surface area contributed by atoms with Crippen LogP contribution in [-0.4, -0.2) is 33.0 Å². The summed E-state index contributed by atoms with van der Waals surface area (Å²) in [7, 11) is -2.96. The molecule has 0 fully saturated rings. The first-order valence-electron chi connectivity index (χ1n) is 6.56. The predicted molar refractivity (Wildman–Crippen MR) is 76.5 cm³/mol. The third kappa shape index (κ3) is 7.28. The molecule has 5 heteroatoms. The van der Waals surface area contributed by atoms with Crippen molar-refractivity contribution in [3.63, 3.8) is 0 Å². The van der Waals surface area contributed by atoms with Gasteiger partial charge in [-0.25, -0.2) is 12.8 Å². The van der Waals surface area contributed by atoms with Crippen LogP contribution in [0.4, 0.5) is 4.39 Å². The van der Waals surface area contributed by atoms with Crippen molar-refractivity contribution in [1.29, 1.82) is 0 Å². The molecule has 1 rings (SSSR count). The van der Waals surface area contributed by atoms with Gasteiger partial charge in [0, 0.05) is 12.3 Å². The third-order valence-corrected chi connectivity index (χ3v) is 3.87. The third-order valence-electron chi connectivity index (χ3n) is 2.89. The maximum atomic E-state index is 13.1. The Labute approximate surface area is 115 Å². The molecule has 0 amide bonds. The molecule has 1 aromatic carbocycles. The largest absolute Gasteiger partial charge is 0.314 e. The summed E-state index contributed by atoms with van der Waals surface area (Å²) in [5.74, 6) is -0.0983. The van der Waals surface area contributed by atoms with Crippen LogP contribution >= 0.6 is 0 Å². The van der Waals surface area contributed by atoms with Crippen LogP contribution in [0, 0.1) is 5.82 Å². The summed E-state index contributed by atoms with van der Waals surface area (Å²) in [5, 5.41) is 3.32. The molecular weight excluding hydrogens is 265 g/mol. The molecule has 0 spiro atoms. The molecule has 0 bridgehead atoms. The van der Waals surface area contributed by atoms with Crippen molar-refractivity contribution in [2.75, 3.05) is 18.6 Å². The van der Waals surface area contributed by atoms with Gasteiger partial charge in [0.1, 0.15) is 15.7 Å². The minimum Gasteiger partial charge on any atom is -0.314 e. The van der Waals surface area contributed by atoms with Crippen LogP contribution in [0.25, 0.3) is 0 Å². The average molecular weight is 287 g/mol. The molecule has 0 aliphatic carbocycles. The SMILES string of the molecule is CCCNC(CCS(C)(=O)=O)Cc1cccc(F)c1. The fourth-order valence-electron chi connectivity index (χ4n) is 1.93. The molecule has 1 N–H and O–H groups in total. The Morgan fingerprint density at radius 2 is 2.11 bits per heavy atom. The smallest absolute Gasteiger partial charge is 0.147 e. The standard InChI is InChI=1S/C14H22FNO2S/c1-3-8-16-14(7-9-19(2,17)18)11-12-5-4-6-13(15)10-12/h4-6,10,14,16H,3,7-9,11H2,1-2H3. The molecule has 0 aromatic heterocycles. The van der Waals surface area contributed by atoms with Gasteiger partial charge in [-0.15, -0.1) is 0 Å². The van der Waals surface area contributed by atoms with Crippen molar-refractivity contribution in [3.05, 3.63) is 35.6 Å². The van der Waals surface area contributed by atoms with Crippen LogP contribution in [0.2, 0.25) is 0 Å². The van der Waals surface area contributed by atoms with Crippen molar-refractivity contribution < 1.29 is 12.8 Å². The van der Waals surface area contributed by atoms with E-state index >= 15 is 0 Å². The van der Waals surface area contributed by atoms with Gasteiger partial charge in [0.25, 0.3) is 0 Å². The van der Waals surface area contributed by atoms with E-state index in [0.717, 1.165) is 18.5 Å². The topological polar surface area (TPSA) is 46.2 Å². The molecule has 19 heavy (non-hydrogen) atoms. The van der Waals surface area contributed by atoms with E-state index in [1.54, 1.807) is 6.07 Å². The lowest BCUT2D eigenvalue weighted by molar-refractivity contribution is 0.490. The minimum absolute atomic E-state index is 0.0662. The van der Waals surface area contributed by atoms with Crippen molar-refractivity contribution in [1.82, 2.24) is 5.32 Å². The summed E-state index contributed by atoms with van der Waals surface area (Å²) in [5.41, 5.74) is 0.891. The van der Waals surface area contributed by atoms with Gasteiger partial charge in [0.05, 0.1) is 5.75 Å². The second-order valence-electron chi connectivity index (χ2n) is 4.90.